The first-order valence-electron chi connectivity index (χ1n) is 3.68. The molecule has 1 heterocycles. The predicted octanol–water partition coefficient (Wildman–Crippen LogP) is 0.866. The minimum absolute atomic E-state index is 0.115. The molecule has 0 radical (unpaired) electrons. The van der Waals surface area contributed by atoms with Gasteiger partial charge >= 0.3 is 0 Å². The molecule has 0 aliphatic rings. The fourth-order valence-corrected chi connectivity index (χ4v) is 2.00. The third-order valence-corrected chi connectivity index (χ3v) is 2.81. The standard InChI is InChI=1S/C6H10ClN3O2S/c1-4(2)5-8-9-6(10(5)3)13(7,11)12/h4H,1-3H3. The molecule has 13 heavy (non-hydrogen) atoms. The fourth-order valence-electron chi connectivity index (χ4n) is 1.04. The average molecular weight is 224 g/mol. The number of halogens is 1. The molecule has 1 rings (SSSR count). The molecule has 1 aromatic heterocycles. The summed E-state index contributed by atoms with van der Waals surface area (Å²) in [4.78, 5) is 0. The molecule has 0 aliphatic heterocycles. The van der Waals surface area contributed by atoms with Crippen molar-refractivity contribution in [2.45, 2.75) is 24.9 Å². The van der Waals surface area contributed by atoms with Gasteiger partial charge in [-0.15, -0.1) is 10.2 Å². The summed E-state index contributed by atoms with van der Waals surface area (Å²) in [5, 5.41) is 7.02. The van der Waals surface area contributed by atoms with Crippen LogP contribution in [-0.2, 0) is 16.1 Å². The molecule has 0 amide bonds. The van der Waals surface area contributed by atoms with Crippen LogP contribution in [0.5, 0.6) is 0 Å². The summed E-state index contributed by atoms with van der Waals surface area (Å²) in [6.45, 7) is 3.79. The Kier molecular flexibility index (Phi) is 2.63. The van der Waals surface area contributed by atoms with Gasteiger partial charge < -0.3 is 4.57 Å². The van der Waals surface area contributed by atoms with Crippen molar-refractivity contribution in [1.29, 1.82) is 0 Å². The van der Waals surface area contributed by atoms with E-state index in [-0.39, 0.29) is 11.1 Å². The SMILES string of the molecule is CC(C)c1nnc(S(=O)(=O)Cl)n1C. The van der Waals surface area contributed by atoms with Gasteiger partial charge in [-0.3, -0.25) is 0 Å². The van der Waals surface area contributed by atoms with Crippen LogP contribution in [0, 0.1) is 0 Å². The molecule has 0 saturated heterocycles. The first-order valence-corrected chi connectivity index (χ1v) is 5.99. The molecule has 0 saturated carbocycles. The lowest BCUT2D eigenvalue weighted by Crippen LogP contribution is -2.05. The van der Waals surface area contributed by atoms with Crippen molar-refractivity contribution >= 4 is 19.7 Å². The highest BCUT2D eigenvalue weighted by Gasteiger charge is 2.21. The summed E-state index contributed by atoms with van der Waals surface area (Å²) >= 11 is 0. The van der Waals surface area contributed by atoms with Gasteiger partial charge in [-0.05, 0) is 0 Å². The lowest BCUT2D eigenvalue weighted by Gasteiger charge is -2.03. The summed E-state index contributed by atoms with van der Waals surface area (Å²) in [5.74, 6) is 0.712. The van der Waals surface area contributed by atoms with Crippen molar-refractivity contribution in [2.75, 3.05) is 0 Å². The third kappa shape index (κ3) is 2.00. The van der Waals surface area contributed by atoms with E-state index in [1.807, 2.05) is 13.8 Å². The molecule has 7 heteroatoms. The molecule has 0 fully saturated rings. The quantitative estimate of drug-likeness (QED) is 0.698. The van der Waals surface area contributed by atoms with Crippen molar-refractivity contribution in [2.24, 2.45) is 7.05 Å². The van der Waals surface area contributed by atoms with E-state index in [9.17, 15) is 8.42 Å². The van der Waals surface area contributed by atoms with Gasteiger partial charge in [0.1, 0.15) is 5.82 Å². The van der Waals surface area contributed by atoms with Crippen molar-refractivity contribution in [1.82, 2.24) is 14.8 Å². The molecule has 0 atom stereocenters. The molecule has 0 spiro atoms. The lowest BCUT2D eigenvalue weighted by molar-refractivity contribution is 0.588. The summed E-state index contributed by atoms with van der Waals surface area (Å²) in [5.41, 5.74) is 0. The van der Waals surface area contributed by atoms with Crippen LogP contribution in [0.1, 0.15) is 25.6 Å². The van der Waals surface area contributed by atoms with Gasteiger partial charge in [0, 0.05) is 23.6 Å². The summed E-state index contributed by atoms with van der Waals surface area (Å²) < 4.78 is 23.2. The molecule has 0 N–H and O–H groups in total. The highest BCUT2D eigenvalue weighted by molar-refractivity contribution is 8.13. The van der Waals surface area contributed by atoms with E-state index in [2.05, 4.69) is 10.2 Å². The van der Waals surface area contributed by atoms with E-state index in [0.29, 0.717) is 5.82 Å². The van der Waals surface area contributed by atoms with Crippen LogP contribution in [0.15, 0.2) is 5.16 Å². The Morgan fingerprint density at radius 2 is 1.92 bits per heavy atom. The Hall–Kier alpha value is -0.620. The van der Waals surface area contributed by atoms with Gasteiger partial charge in [-0.25, -0.2) is 8.42 Å². The van der Waals surface area contributed by atoms with Crippen molar-refractivity contribution in [3.05, 3.63) is 5.82 Å². The van der Waals surface area contributed by atoms with Crippen LogP contribution in [0.3, 0.4) is 0 Å². The second-order valence-electron chi connectivity index (χ2n) is 2.99. The van der Waals surface area contributed by atoms with Crippen LogP contribution in [0.4, 0.5) is 0 Å². The fraction of sp³-hybridized carbons (Fsp3) is 0.667. The molecule has 0 bridgehead atoms. The zero-order chi connectivity index (χ0) is 10.2. The van der Waals surface area contributed by atoms with Gasteiger partial charge in [0.25, 0.3) is 14.2 Å². The van der Waals surface area contributed by atoms with E-state index in [1.54, 1.807) is 7.05 Å². The Morgan fingerprint density at radius 3 is 2.15 bits per heavy atom. The molecule has 0 unspecified atom stereocenters. The molecular formula is C6H10ClN3O2S. The normalized spacial score (nSPS) is 12.4. The number of hydrogen-bond acceptors (Lipinski definition) is 4. The average Bonchev–Trinajstić information content (AvgIpc) is 2.28. The van der Waals surface area contributed by atoms with Gasteiger partial charge in [0.05, 0.1) is 0 Å². The van der Waals surface area contributed by atoms with E-state index in [4.69, 9.17) is 10.7 Å². The number of aromatic nitrogens is 3. The van der Waals surface area contributed by atoms with E-state index in [1.165, 1.54) is 4.57 Å². The first-order chi connectivity index (χ1) is 5.84. The highest BCUT2D eigenvalue weighted by atomic mass is 35.7. The number of nitrogens with zero attached hydrogens (tertiary/aromatic N) is 3. The summed E-state index contributed by atoms with van der Waals surface area (Å²) in [7, 11) is 2.92. The highest BCUT2D eigenvalue weighted by Crippen LogP contribution is 2.17. The van der Waals surface area contributed by atoms with Crippen molar-refractivity contribution in [3.63, 3.8) is 0 Å². The van der Waals surface area contributed by atoms with Gasteiger partial charge in [0.15, 0.2) is 0 Å². The van der Waals surface area contributed by atoms with Crippen LogP contribution >= 0.6 is 10.7 Å². The Balaban J connectivity index is 3.30. The predicted molar refractivity (Wildman–Crippen MR) is 48.1 cm³/mol. The smallest absolute Gasteiger partial charge is 0.296 e. The minimum atomic E-state index is -3.78. The number of hydrogen-bond donors (Lipinski definition) is 0. The molecule has 1 aromatic rings. The third-order valence-electron chi connectivity index (χ3n) is 1.60. The first kappa shape index (κ1) is 10.5. The van der Waals surface area contributed by atoms with E-state index in [0.717, 1.165) is 0 Å². The van der Waals surface area contributed by atoms with E-state index < -0.39 is 9.05 Å². The monoisotopic (exact) mass is 223 g/mol. The van der Waals surface area contributed by atoms with Crippen LogP contribution in [-0.4, -0.2) is 23.2 Å². The molecular weight excluding hydrogens is 214 g/mol. The largest absolute Gasteiger partial charge is 0.304 e. The van der Waals surface area contributed by atoms with Crippen LogP contribution < -0.4 is 0 Å². The number of rotatable bonds is 2. The molecule has 74 valence electrons. The maximum absolute atomic E-state index is 10.9. The summed E-state index contributed by atoms with van der Waals surface area (Å²) in [6, 6.07) is 0. The topological polar surface area (TPSA) is 64.8 Å². The Bertz CT molecular complexity index is 410. The maximum atomic E-state index is 10.9. The van der Waals surface area contributed by atoms with Crippen LogP contribution in [0.2, 0.25) is 0 Å². The van der Waals surface area contributed by atoms with Crippen molar-refractivity contribution < 1.29 is 8.42 Å². The van der Waals surface area contributed by atoms with Crippen molar-refractivity contribution in [3.8, 4) is 0 Å². The second kappa shape index (κ2) is 3.26. The van der Waals surface area contributed by atoms with Gasteiger partial charge in [-0.1, -0.05) is 13.8 Å². The van der Waals surface area contributed by atoms with Gasteiger partial charge in [-0.2, -0.15) is 0 Å². The zero-order valence-electron chi connectivity index (χ0n) is 7.52. The Morgan fingerprint density at radius 1 is 1.38 bits per heavy atom. The lowest BCUT2D eigenvalue weighted by atomic mass is 10.2. The zero-order valence-corrected chi connectivity index (χ0v) is 9.09. The Labute approximate surface area is 81.2 Å². The van der Waals surface area contributed by atoms with E-state index >= 15 is 0 Å². The molecule has 0 aromatic carbocycles. The minimum Gasteiger partial charge on any atom is -0.304 e. The maximum Gasteiger partial charge on any atom is 0.296 e. The second-order valence-corrected chi connectivity index (χ2v) is 5.45. The van der Waals surface area contributed by atoms with Gasteiger partial charge in [0.2, 0.25) is 0 Å². The molecule has 0 aliphatic carbocycles. The summed E-state index contributed by atoms with van der Waals surface area (Å²) in [6.07, 6.45) is 0. The van der Waals surface area contributed by atoms with Crippen LogP contribution in [0.25, 0.3) is 0 Å². The molecule has 5 nitrogen and oxygen atoms in total.